The number of anilines is 1. The van der Waals surface area contributed by atoms with Gasteiger partial charge in [-0.3, -0.25) is 4.90 Å². The Balaban J connectivity index is 1.37. The van der Waals surface area contributed by atoms with E-state index in [4.69, 9.17) is 4.52 Å². The number of hydrogen-bond acceptors (Lipinski definition) is 6. The molecule has 0 saturated carbocycles. The Morgan fingerprint density at radius 1 is 1.06 bits per heavy atom. The number of pyridine rings is 1. The third-order valence-corrected chi connectivity index (χ3v) is 5.24. The molecule has 31 heavy (non-hydrogen) atoms. The van der Waals surface area contributed by atoms with Crippen LogP contribution in [0.25, 0.3) is 11.4 Å². The van der Waals surface area contributed by atoms with Crippen molar-refractivity contribution in [2.75, 3.05) is 31.1 Å². The van der Waals surface area contributed by atoms with Gasteiger partial charge in [0, 0.05) is 37.9 Å². The molecule has 164 valence electrons. The zero-order valence-electron chi connectivity index (χ0n) is 16.9. The van der Waals surface area contributed by atoms with Crippen molar-refractivity contribution in [2.24, 2.45) is 0 Å². The Bertz CT molecular complexity index is 1030. The average molecular weight is 435 g/mol. The Hall–Kier alpha value is -3.01. The smallest absolute Gasteiger partial charge is 0.355 e. The molecule has 10 heteroatoms. The predicted octanol–water partition coefficient (Wildman–Crippen LogP) is 4.31. The van der Waals surface area contributed by atoms with Crippen LogP contribution in [0, 0.1) is 12.7 Å². The molecule has 1 saturated heterocycles. The molecule has 0 amide bonds. The summed E-state index contributed by atoms with van der Waals surface area (Å²) < 4.78 is 57.3. The summed E-state index contributed by atoms with van der Waals surface area (Å²) >= 11 is 0. The fraction of sp³-hybridized carbons (Fsp3) is 0.381. The second-order valence-electron chi connectivity index (χ2n) is 7.50. The summed E-state index contributed by atoms with van der Waals surface area (Å²) in [5.74, 6) is 0.959. The van der Waals surface area contributed by atoms with Gasteiger partial charge in [-0.05, 0) is 37.1 Å². The van der Waals surface area contributed by atoms with Crippen LogP contribution in [0.4, 0.5) is 23.4 Å². The normalized spacial score (nSPS) is 15.8. The third-order valence-electron chi connectivity index (χ3n) is 5.24. The first-order chi connectivity index (χ1) is 14.8. The van der Waals surface area contributed by atoms with Crippen molar-refractivity contribution in [2.45, 2.75) is 26.1 Å². The number of benzene rings is 1. The summed E-state index contributed by atoms with van der Waals surface area (Å²) in [5, 5.41) is 3.94. The van der Waals surface area contributed by atoms with Crippen LogP contribution in [0.5, 0.6) is 0 Å². The van der Waals surface area contributed by atoms with Crippen LogP contribution < -0.4 is 4.90 Å². The molecule has 2 aromatic heterocycles. The van der Waals surface area contributed by atoms with Crippen molar-refractivity contribution in [3.8, 4) is 11.4 Å². The molecule has 0 spiro atoms. The molecule has 1 aliphatic rings. The van der Waals surface area contributed by atoms with E-state index in [1.54, 1.807) is 19.1 Å². The fourth-order valence-corrected chi connectivity index (χ4v) is 3.46. The number of halogens is 4. The van der Waals surface area contributed by atoms with E-state index >= 15 is 0 Å². The molecule has 3 heterocycles. The lowest BCUT2D eigenvalue weighted by Gasteiger charge is -2.22. The maximum Gasteiger partial charge on any atom is 0.417 e. The van der Waals surface area contributed by atoms with Gasteiger partial charge in [0.2, 0.25) is 11.7 Å². The summed E-state index contributed by atoms with van der Waals surface area (Å²) in [6.07, 6.45) is -2.72. The standard InChI is InChI=1S/C21H21F4N5O/c1-14-3-4-15(11-17(14)22)20-27-19(31-28-20)13-29-7-2-8-30(10-9-29)18-6-5-16(12-26-18)21(23,24)25/h3-6,11-12H,2,7-10,13H2,1H3. The minimum absolute atomic E-state index is 0.326. The second-order valence-corrected chi connectivity index (χ2v) is 7.50. The summed E-state index contributed by atoms with van der Waals surface area (Å²) in [7, 11) is 0. The van der Waals surface area contributed by atoms with E-state index in [0.29, 0.717) is 54.8 Å². The predicted molar refractivity (Wildman–Crippen MR) is 106 cm³/mol. The van der Waals surface area contributed by atoms with Crippen molar-refractivity contribution in [3.63, 3.8) is 0 Å². The maximum atomic E-state index is 13.8. The van der Waals surface area contributed by atoms with Gasteiger partial charge in [0.25, 0.3) is 0 Å². The van der Waals surface area contributed by atoms with E-state index in [1.807, 2.05) is 4.90 Å². The van der Waals surface area contributed by atoms with Gasteiger partial charge in [0.05, 0.1) is 12.1 Å². The highest BCUT2D eigenvalue weighted by Gasteiger charge is 2.31. The Morgan fingerprint density at radius 2 is 1.90 bits per heavy atom. The minimum atomic E-state index is -4.39. The lowest BCUT2D eigenvalue weighted by Crippen LogP contribution is -2.31. The third kappa shape index (κ3) is 5.01. The summed E-state index contributed by atoms with van der Waals surface area (Å²) in [5.41, 5.74) is 0.339. The Labute approximate surface area is 176 Å². The Morgan fingerprint density at radius 3 is 2.61 bits per heavy atom. The molecule has 1 aromatic carbocycles. The number of alkyl halides is 3. The highest BCUT2D eigenvalue weighted by atomic mass is 19.4. The number of hydrogen-bond donors (Lipinski definition) is 0. The molecule has 0 unspecified atom stereocenters. The maximum absolute atomic E-state index is 13.8. The van der Waals surface area contributed by atoms with E-state index < -0.39 is 11.7 Å². The molecule has 0 aliphatic carbocycles. The minimum Gasteiger partial charge on any atom is -0.355 e. The van der Waals surface area contributed by atoms with Gasteiger partial charge in [0.15, 0.2) is 0 Å². The first-order valence-corrected chi connectivity index (χ1v) is 9.89. The first-order valence-electron chi connectivity index (χ1n) is 9.89. The molecule has 1 aliphatic heterocycles. The molecule has 0 atom stereocenters. The van der Waals surface area contributed by atoms with Gasteiger partial charge >= 0.3 is 6.18 Å². The molecule has 1 fully saturated rings. The van der Waals surface area contributed by atoms with Crippen LogP contribution >= 0.6 is 0 Å². The number of rotatable bonds is 4. The topological polar surface area (TPSA) is 58.3 Å². The van der Waals surface area contributed by atoms with Crippen molar-refractivity contribution in [1.29, 1.82) is 0 Å². The summed E-state index contributed by atoms with van der Waals surface area (Å²) in [4.78, 5) is 12.5. The van der Waals surface area contributed by atoms with Crippen LogP contribution in [-0.2, 0) is 12.7 Å². The van der Waals surface area contributed by atoms with Crippen LogP contribution in [0.15, 0.2) is 41.1 Å². The summed E-state index contributed by atoms with van der Waals surface area (Å²) in [6, 6.07) is 7.25. The molecule has 0 bridgehead atoms. The number of aryl methyl sites for hydroxylation is 1. The molecular formula is C21H21F4N5O. The highest BCUT2D eigenvalue weighted by Crippen LogP contribution is 2.29. The zero-order valence-corrected chi connectivity index (χ0v) is 16.9. The average Bonchev–Trinajstić information content (AvgIpc) is 3.07. The second kappa shape index (κ2) is 8.62. The lowest BCUT2D eigenvalue weighted by molar-refractivity contribution is -0.137. The van der Waals surface area contributed by atoms with Crippen LogP contribution in [0.1, 0.15) is 23.4 Å². The van der Waals surface area contributed by atoms with E-state index in [0.717, 1.165) is 25.2 Å². The van der Waals surface area contributed by atoms with Gasteiger partial charge in [-0.15, -0.1) is 0 Å². The van der Waals surface area contributed by atoms with Crippen molar-refractivity contribution in [1.82, 2.24) is 20.0 Å². The van der Waals surface area contributed by atoms with E-state index in [1.165, 1.54) is 12.1 Å². The van der Waals surface area contributed by atoms with E-state index in [9.17, 15) is 17.6 Å². The van der Waals surface area contributed by atoms with E-state index in [2.05, 4.69) is 20.0 Å². The summed E-state index contributed by atoms with van der Waals surface area (Å²) in [6.45, 7) is 4.86. The highest BCUT2D eigenvalue weighted by molar-refractivity contribution is 5.54. The molecule has 0 radical (unpaired) electrons. The molecule has 0 N–H and O–H groups in total. The molecule has 3 aromatic rings. The quantitative estimate of drug-likeness (QED) is 0.570. The fourth-order valence-electron chi connectivity index (χ4n) is 3.46. The van der Waals surface area contributed by atoms with Gasteiger partial charge < -0.3 is 9.42 Å². The van der Waals surface area contributed by atoms with Gasteiger partial charge in [-0.1, -0.05) is 17.3 Å². The lowest BCUT2D eigenvalue weighted by atomic mass is 10.1. The Kier molecular flexibility index (Phi) is 5.90. The van der Waals surface area contributed by atoms with E-state index in [-0.39, 0.29) is 5.82 Å². The van der Waals surface area contributed by atoms with Gasteiger partial charge in [0.1, 0.15) is 11.6 Å². The number of aromatic nitrogens is 3. The van der Waals surface area contributed by atoms with Gasteiger partial charge in [-0.2, -0.15) is 18.2 Å². The zero-order chi connectivity index (χ0) is 22.0. The SMILES string of the molecule is Cc1ccc(-c2noc(CN3CCCN(c4ccc(C(F)(F)F)cn4)CC3)n2)cc1F. The molecule has 6 nitrogen and oxygen atoms in total. The van der Waals surface area contributed by atoms with Gasteiger partial charge in [-0.25, -0.2) is 9.37 Å². The molecule has 4 rings (SSSR count). The molecular weight excluding hydrogens is 414 g/mol. The van der Waals surface area contributed by atoms with Crippen molar-refractivity contribution < 1.29 is 22.1 Å². The van der Waals surface area contributed by atoms with Crippen molar-refractivity contribution in [3.05, 3.63) is 59.4 Å². The first kappa shape index (κ1) is 21.2. The van der Waals surface area contributed by atoms with Crippen molar-refractivity contribution >= 4 is 5.82 Å². The van der Waals surface area contributed by atoms with Crippen LogP contribution in [0.3, 0.4) is 0 Å². The number of nitrogens with zero attached hydrogens (tertiary/aromatic N) is 5. The monoisotopic (exact) mass is 435 g/mol. The van der Waals surface area contributed by atoms with Crippen LogP contribution in [-0.4, -0.2) is 46.2 Å². The largest absolute Gasteiger partial charge is 0.417 e. The van der Waals surface area contributed by atoms with Crippen LogP contribution in [0.2, 0.25) is 0 Å².